The van der Waals surface area contributed by atoms with Crippen LogP contribution in [0.4, 0.5) is 5.69 Å². The number of nitrogens with one attached hydrogen (secondary N) is 1. The topological polar surface area (TPSA) is 95.7 Å². The average Bonchev–Trinajstić information content (AvgIpc) is 3.01. The standard InChI is InChI=1S/C14H17N3O3/c15-13(19)12-5-8(18)7-17(12)14(20)10-6-16-11-4-2-1-3-9(10)11/h1-4,8,10,12,16,18H,5-7H2,(H2,15,19). The molecule has 0 spiro atoms. The number of benzene rings is 1. The molecule has 0 aromatic heterocycles. The highest BCUT2D eigenvalue weighted by Crippen LogP contribution is 2.34. The molecule has 2 amide bonds. The molecule has 106 valence electrons. The number of aliphatic hydroxyl groups excluding tert-OH is 1. The molecule has 20 heavy (non-hydrogen) atoms. The van der Waals surface area contributed by atoms with Crippen LogP contribution < -0.4 is 11.1 Å². The SMILES string of the molecule is NC(=O)C1CC(O)CN1C(=O)C1CNc2ccccc21. The minimum atomic E-state index is -0.703. The number of nitrogens with two attached hydrogens (primary N) is 1. The second-order valence-electron chi connectivity index (χ2n) is 5.32. The number of aliphatic hydroxyl groups is 1. The number of carbonyl (C=O) groups is 2. The Labute approximate surface area is 116 Å². The smallest absolute Gasteiger partial charge is 0.240 e. The normalized spacial score (nSPS) is 28.1. The summed E-state index contributed by atoms with van der Waals surface area (Å²) in [6.45, 7) is 0.682. The van der Waals surface area contributed by atoms with Gasteiger partial charge in [0.15, 0.2) is 0 Å². The Hall–Kier alpha value is -2.08. The van der Waals surface area contributed by atoms with Crippen molar-refractivity contribution < 1.29 is 14.7 Å². The van der Waals surface area contributed by atoms with Gasteiger partial charge in [0.2, 0.25) is 11.8 Å². The van der Waals surface area contributed by atoms with E-state index in [1.807, 2.05) is 24.3 Å². The molecule has 1 aromatic rings. The molecule has 1 fully saturated rings. The van der Waals surface area contributed by atoms with Crippen LogP contribution in [0.15, 0.2) is 24.3 Å². The molecule has 0 aliphatic carbocycles. The maximum atomic E-state index is 12.6. The molecule has 0 radical (unpaired) electrons. The average molecular weight is 275 g/mol. The van der Waals surface area contributed by atoms with Gasteiger partial charge in [-0.1, -0.05) is 18.2 Å². The predicted octanol–water partition coefficient (Wildman–Crippen LogP) is -0.357. The number of β-amino-alcohol motifs (C(OH)–C–C–N with tert-alkyl or cyclic N) is 1. The summed E-state index contributed by atoms with van der Waals surface area (Å²) in [5.74, 6) is -1.03. The van der Waals surface area contributed by atoms with E-state index in [-0.39, 0.29) is 24.8 Å². The van der Waals surface area contributed by atoms with Gasteiger partial charge in [0.1, 0.15) is 6.04 Å². The molecule has 4 N–H and O–H groups in total. The van der Waals surface area contributed by atoms with Crippen molar-refractivity contribution in [2.24, 2.45) is 5.73 Å². The van der Waals surface area contributed by atoms with E-state index in [4.69, 9.17) is 5.73 Å². The van der Waals surface area contributed by atoms with Crippen LogP contribution in [0.25, 0.3) is 0 Å². The van der Waals surface area contributed by atoms with E-state index in [0.717, 1.165) is 11.3 Å². The minimum absolute atomic E-state index is 0.150. The molecule has 0 bridgehead atoms. The number of nitrogens with zero attached hydrogens (tertiary/aromatic N) is 1. The maximum Gasteiger partial charge on any atom is 0.240 e. The van der Waals surface area contributed by atoms with Crippen molar-refractivity contribution in [2.75, 3.05) is 18.4 Å². The lowest BCUT2D eigenvalue weighted by molar-refractivity contribution is -0.138. The van der Waals surface area contributed by atoms with Crippen LogP contribution in [-0.4, -0.2) is 47.1 Å². The number of likely N-dealkylation sites (tertiary alicyclic amines) is 1. The summed E-state index contributed by atoms with van der Waals surface area (Å²) in [4.78, 5) is 25.5. The van der Waals surface area contributed by atoms with Gasteiger partial charge in [-0.25, -0.2) is 0 Å². The van der Waals surface area contributed by atoms with Gasteiger partial charge in [-0.2, -0.15) is 0 Å². The first-order valence-electron chi connectivity index (χ1n) is 6.68. The molecule has 1 saturated heterocycles. The molecule has 1 aromatic carbocycles. The third-order valence-corrected chi connectivity index (χ3v) is 4.02. The number of rotatable bonds is 2. The zero-order chi connectivity index (χ0) is 14.3. The quantitative estimate of drug-likeness (QED) is 0.687. The summed E-state index contributed by atoms with van der Waals surface area (Å²) in [5.41, 5.74) is 7.20. The van der Waals surface area contributed by atoms with Gasteiger partial charge >= 0.3 is 0 Å². The van der Waals surface area contributed by atoms with Gasteiger partial charge < -0.3 is 21.1 Å². The summed E-state index contributed by atoms with van der Waals surface area (Å²) in [6.07, 6.45) is -0.455. The number of hydrogen-bond acceptors (Lipinski definition) is 4. The van der Waals surface area contributed by atoms with Gasteiger partial charge in [0.25, 0.3) is 0 Å². The van der Waals surface area contributed by atoms with E-state index in [1.54, 1.807) is 0 Å². The van der Waals surface area contributed by atoms with Crippen LogP contribution in [-0.2, 0) is 9.59 Å². The van der Waals surface area contributed by atoms with Crippen LogP contribution in [0.2, 0.25) is 0 Å². The lowest BCUT2D eigenvalue weighted by atomic mass is 9.99. The monoisotopic (exact) mass is 275 g/mol. The Balaban J connectivity index is 1.85. The van der Waals surface area contributed by atoms with E-state index in [1.165, 1.54) is 4.90 Å². The first-order chi connectivity index (χ1) is 9.58. The number of carbonyl (C=O) groups excluding carboxylic acids is 2. The van der Waals surface area contributed by atoms with Crippen LogP contribution in [0.1, 0.15) is 17.9 Å². The molecule has 2 aliphatic rings. The van der Waals surface area contributed by atoms with E-state index < -0.39 is 18.1 Å². The van der Waals surface area contributed by atoms with Crippen LogP contribution in [0.3, 0.4) is 0 Å². The Morgan fingerprint density at radius 3 is 2.85 bits per heavy atom. The van der Waals surface area contributed by atoms with Gasteiger partial charge in [-0.3, -0.25) is 9.59 Å². The zero-order valence-electron chi connectivity index (χ0n) is 11.0. The largest absolute Gasteiger partial charge is 0.391 e. The van der Waals surface area contributed by atoms with Gasteiger partial charge in [-0.05, 0) is 11.6 Å². The fraction of sp³-hybridized carbons (Fsp3) is 0.429. The highest BCUT2D eigenvalue weighted by Gasteiger charge is 2.41. The van der Waals surface area contributed by atoms with Crippen molar-refractivity contribution in [3.05, 3.63) is 29.8 Å². The van der Waals surface area contributed by atoms with Crippen molar-refractivity contribution in [2.45, 2.75) is 24.5 Å². The van der Waals surface area contributed by atoms with Crippen LogP contribution in [0, 0.1) is 0 Å². The summed E-state index contributed by atoms with van der Waals surface area (Å²) in [7, 11) is 0. The Morgan fingerprint density at radius 2 is 2.10 bits per heavy atom. The first kappa shape index (κ1) is 12.9. The van der Waals surface area contributed by atoms with Crippen LogP contribution >= 0.6 is 0 Å². The molecule has 6 heteroatoms. The van der Waals surface area contributed by atoms with Gasteiger partial charge in [0, 0.05) is 25.2 Å². The molecular formula is C14H17N3O3. The lowest BCUT2D eigenvalue weighted by Gasteiger charge is -2.25. The molecule has 6 nitrogen and oxygen atoms in total. The molecule has 2 heterocycles. The van der Waals surface area contributed by atoms with E-state index in [9.17, 15) is 14.7 Å². The van der Waals surface area contributed by atoms with Crippen molar-refractivity contribution in [3.63, 3.8) is 0 Å². The minimum Gasteiger partial charge on any atom is -0.391 e. The lowest BCUT2D eigenvalue weighted by Crippen LogP contribution is -2.46. The number of hydrogen-bond donors (Lipinski definition) is 3. The fourth-order valence-electron chi connectivity index (χ4n) is 3.03. The Bertz CT molecular complexity index is 560. The molecule has 0 saturated carbocycles. The highest BCUT2D eigenvalue weighted by atomic mass is 16.3. The highest BCUT2D eigenvalue weighted by molar-refractivity contribution is 5.93. The Morgan fingerprint density at radius 1 is 1.35 bits per heavy atom. The van der Waals surface area contributed by atoms with E-state index >= 15 is 0 Å². The summed E-state index contributed by atoms with van der Waals surface area (Å²) < 4.78 is 0. The van der Waals surface area contributed by atoms with Crippen molar-refractivity contribution >= 4 is 17.5 Å². The Kier molecular flexibility index (Phi) is 3.10. The fourth-order valence-corrected chi connectivity index (χ4v) is 3.03. The van der Waals surface area contributed by atoms with Crippen LogP contribution in [0.5, 0.6) is 0 Å². The van der Waals surface area contributed by atoms with E-state index in [2.05, 4.69) is 5.32 Å². The summed E-state index contributed by atoms with van der Waals surface area (Å²) in [6, 6.07) is 6.92. The van der Waals surface area contributed by atoms with Gasteiger partial charge in [-0.15, -0.1) is 0 Å². The van der Waals surface area contributed by atoms with Crippen molar-refractivity contribution in [3.8, 4) is 0 Å². The molecule has 3 unspecified atom stereocenters. The maximum absolute atomic E-state index is 12.6. The summed E-state index contributed by atoms with van der Waals surface area (Å²) >= 11 is 0. The number of fused-ring (bicyclic) bond motifs is 1. The number of primary amides is 1. The van der Waals surface area contributed by atoms with Crippen molar-refractivity contribution in [1.29, 1.82) is 0 Å². The second-order valence-corrected chi connectivity index (χ2v) is 5.32. The number of para-hydroxylation sites is 1. The van der Waals surface area contributed by atoms with Crippen molar-refractivity contribution in [1.82, 2.24) is 4.90 Å². The first-order valence-corrected chi connectivity index (χ1v) is 6.68. The third kappa shape index (κ3) is 2.02. The predicted molar refractivity (Wildman–Crippen MR) is 73.0 cm³/mol. The second kappa shape index (κ2) is 4.79. The molecular weight excluding hydrogens is 258 g/mol. The molecule has 2 aliphatic heterocycles. The molecule has 3 rings (SSSR count). The number of amides is 2. The summed E-state index contributed by atoms with van der Waals surface area (Å²) in [5, 5.41) is 12.9. The number of anilines is 1. The van der Waals surface area contributed by atoms with E-state index in [0.29, 0.717) is 6.54 Å². The molecule has 3 atom stereocenters. The third-order valence-electron chi connectivity index (χ3n) is 4.02. The van der Waals surface area contributed by atoms with Gasteiger partial charge in [0.05, 0.1) is 12.0 Å². The zero-order valence-corrected chi connectivity index (χ0v) is 11.0.